The molecule has 0 saturated heterocycles. The summed E-state index contributed by atoms with van der Waals surface area (Å²) in [6.45, 7) is 6.45. The maximum Gasteiger partial charge on any atom is 0.407 e. The molecule has 0 aliphatic carbocycles. The molecule has 0 spiro atoms. The Labute approximate surface area is 118 Å². The first-order valence-corrected chi connectivity index (χ1v) is 6.75. The summed E-state index contributed by atoms with van der Waals surface area (Å²) < 4.78 is 10.8. The number of nitrogens with one attached hydrogen (secondary N) is 1. The molecule has 2 N–H and O–H groups in total. The van der Waals surface area contributed by atoms with E-state index in [9.17, 15) is 9.90 Å². The van der Waals surface area contributed by atoms with Crippen LogP contribution in [0.25, 0.3) is 0 Å². The number of alkyl carbamates (subject to hydrolysis) is 1. The number of phenolic OH excluding ortho intramolecular Hbond substituents is 1. The summed E-state index contributed by atoms with van der Waals surface area (Å²) in [6.07, 6.45) is 0.248. The third kappa shape index (κ3) is 3.79. The summed E-state index contributed by atoms with van der Waals surface area (Å²) in [4.78, 5) is 11.6. The number of benzene rings is 1. The van der Waals surface area contributed by atoms with E-state index in [1.807, 2.05) is 26.8 Å². The highest BCUT2D eigenvalue weighted by Crippen LogP contribution is 2.33. The molecule has 1 aromatic carbocycles. The van der Waals surface area contributed by atoms with E-state index >= 15 is 0 Å². The number of rotatable bonds is 2. The van der Waals surface area contributed by atoms with Crippen LogP contribution in [0.3, 0.4) is 0 Å². The maximum absolute atomic E-state index is 11.6. The summed E-state index contributed by atoms with van der Waals surface area (Å²) >= 11 is 0. The first-order chi connectivity index (χ1) is 9.35. The molecule has 1 amide bonds. The highest BCUT2D eigenvalue weighted by molar-refractivity contribution is 5.67. The van der Waals surface area contributed by atoms with Crippen molar-refractivity contribution in [1.82, 2.24) is 5.32 Å². The van der Waals surface area contributed by atoms with Crippen molar-refractivity contribution in [2.24, 2.45) is 5.92 Å². The van der Waals surface area contributed by atoms with Crippen molar-refractivity contribution in [3.8, 4) is 11.5 Å². The number of amides is 1. The van der Waals surface area contributed by atoms with Gasteiger partial charge < -0.3 is 19.9 Å². The summed E-state index contributed by atoms with van der Waals surface area (Å²) in [6, 6.07) is 5.24. The fraction of sp³-hybridized carbons (Fsp3) is 0.533. The van der Waals surface area contributed by atoms with Gasteiger partial charge in [-0.1, -0.05) is 6.07 Å². The lowest BCUT2D eigenvalue weighted by Crippen LogP contribution is -2.38. The quantitative estimate of drug-likeness (QED) is 0.872. The SMILES string of the molecule is CC(C)(C)OC(=O)NCC1COc2cccc(O)c2C1. The average Bonchev–Trinajstić information content (AvgIpc) is 2.35. The zero-order valence-corrected chi connectivity index (χ0v) is 12.1. The minimum absolute atomic E-state index is 0.128. The highest BCUT2D eigenvalue weighted by Gasteiger charge is 2.23. The molecule has 1 aliphatic heterocycles. The number of hydrogen-bond donors (Lipinski definition) is 2. The molecule has 20 heavy (non-hydrogen) atoms. The molecule has 0 saturated carbocycles. The van der Waals surface area contributed by atoms with Crippen molar-refractivity contribution < 1.29 is 19.4 Å². The minimum atomic E-state index is -0.502. The maximum atomic E-state index is 11.6. The normalized spacial score (nSPS) is 17.9. The lowest BCUT2D eigenvalue weighted by atomic mass is 9.96. The topological polar surface area (TPSA) is 67.8 Å². The van der Waals surface area contributed by atoms with Gasteiger partial charge in [0.05, 0.1) is 6.61 Å². The number of phenols is 1. The van der Waals surface area contributed by atoms with Gasteiger partial charge in [-0.15, -0.1) is 0 Å². The zero-order valence-electron chi connectivity index (χ0n) is 12.1. The molecule has 0 fully saturated rings. The molecule has 0 bridgehead atoms. The Morgan fingerprint density at radius 1 is 1.50 bits per heavy atom. The number of carbonyl (C=O) groups is 1. The molecule has 0 radical (unpaired) electrons. The van der Waals surface area contributed by atoms with Gasteiger partial charge in [0.15, 0.2) is 0 Å². The number of fused-ring (bicyclic) bond motifs is 1. The van der Waals surface area contributed by atoms with Gasteiger partial charge in [0.25, 0.3) is 0 Å². The second-order valence-electron chi connectivity index (χ2n) is 6.02. The number of carbonyl (C=O) groups excluding carboxylic acids is 1. The monoisotopic (exact) mass is 279 g/mol. The van der Waals surface area contributed by atoms with E-state index in [0.29, 0.717) is 19.6 Å². The predicted octanol–water partition coefficient (Wildman–Crippen LogP) is 2.47. The van der Waals surface area contributed by atoms with Gasteiger partial charge in [0, 0.05) is 18.0 Å². The highest BCUT2D eigenvalue weighted by atomic mass is 16.6. The first kappa shape index (κ1) is 14.5. The predicted molar refractivity (Wildman–Crippen MR) is 75.0 cm³/mol. The molecule has 5 nitrogen and oxygen atoms in total. The van der Waals surface area contributed by atoms with E-state index < -0.39 is 11.7 Å². The van der Waals surface area contributed by atoms with E-state index in [1.165, 1.54) is 0 Å². The number of aromatic hydroxyl groups is 1. The van der Waals surface area contributed by atoms with Gasteiger partial charge in [-0.3, -0.25) is 0 Å². The average molecular weight is 279 g/mol. The Bertz CT molecular complexity index is 493. The van der Waals surface area contributed by atoms with Gasteiger partial charge in [0.2, 0.25) is 0 Å². The van der Waals surface area contributed by atoms with Crippen LogP contribution in [0, 0.1) is 5.92 Å². The molecule has 1 aromatic rings. The van der Waals surface area contributed by atoms with Crippen LogP contribution >= 0.6 is 0 Å². The van der Waals surface area contributed by atoms with Crippen LogP contribution in [0.1, 0.15) is 26.3 Å². The summed E-state index contributed by atoms with van der Waals surface area (Å²) in [5.41, 5.74) is 0.299. The van der Waals surface area contributed by atoms with Crippen LogP contribution in [0.15, 0.2) is 18.2 Å². The molecule has 2 rings (SSSR count). The molecule has 0 aromatic heterocycles. The Kier molecular flexibility index (Phi) is 4.06. The standard InChI is InChI=1S/C15H21NO4/c1-15(2,3)20-14(18)16-8-10-7-11-12(17)5-4-6-13(11)19-9-10/h4-6,10,17H,7-9H2,1-3H3,(H,16,18). The minimum Gasteiger partial charge on any atom is -0.508 e. The summed E-state index contributed by atoms with van der Waals surface area (Å²) in [5, 5.41) is 12.5. The third-order valence-electron chi connectivity index (χ3n) is 3.01. The van der Waals surface area contributed by atoms with Crippen molar-refractivity contribution in [3.63, 3.8) is 0 Å². The van der Waals surface area contributed by atoms with E-state index in [4.69, 9.17) is 9.47 Å². The second kappa shape index (κ2) is 5.61. The molecule has 5 heteroatoms. The molecule has 1 aliphatic rings. The zero-order chi connectivity index (χ0) is 14.8. The van der Waals surface area contributed by atoms with Crippen molar-refractivity contribution in [2.75, 3.05) is 13.2 Å². The Morgan fingerprint density at radius 2 is 2.25 bits per heavy atom. The Morgan fingerprint density at radius 3 is 2.95 bits per heavy atom. The summed E-state index contributed by atoms with van der Waals surface area (Å²) in [5.74, 6) is 1.09. The van der Waals surface area contributed by atoms with Crippen LogP contribution in [0.2, 0.25) is 0 Å². The van der Waals surface area contributed by atoms with Gasteiger partial charge in [-0.25, -0.2) is 4.79 Å². The molecule has 110 valence electrons. The fourth-order valence-corrected chi connectivity index (χ4v) is 2.12. The lowest BCUT2D eigenvalue weighted by Gasteiger charge is -2.26. The van der Waals surface area contributed by atoms with Crippen LogP contribution in [0.4, 0.5) is 4.79 Å². The van der Waals surface area contributed by atoms with E-state index in [2.05, 4.69) is 5.32 Å². The molecular formula is C15H21NO4. The second-order valence-corrected chi connectivity index (χ2v) is 6.02. The van der Waals surface area contributed by atoms with Gasteiger partial charge >= 0.3 is 6.09 Å². The summed E-state index contributed by atoms with van der Waals surface area (Å²) in [7, 11) is 0. The molecule has 1 heterocycles. The molecule has 1 unspecified atom stereocenters. The smallest absolute Gasteiger partial charge is 0.407 e. The van der Waals surface area contributed by atoms with Crippen molar-refractivity contribution in [1.29, 1.82) is 0 Å². The third-order valence-corrected chi connectivity index (χ3v) is 3.01. The molecule has 1 atom stereocenters. The largest absolute Gasteiger partial charge is 0.508 e. The lowest BCUT2D eigenvalue weighted by molar-refractivity contribution is 0.0511. The van der Waals surface area contributed by atoms with Crippen molar-refractivity contribution in [3.05, 3.63) is 23.8 Å². The van der Waals surface area contributed by atoms with Gasteiger partial charge in [-0.2, -0.15) is 0 Å². The van der Waals surface area contributed by atoms with E-state index in [-0.39, 0.29) is 11.7 Å². The number of ether oxygens (including phenoxy) is 2. The van der Waals surface area contributed by atoms with Gasteiger partial charge in [0.1, 0.15) is 17.1 Å². The van der Waals surface area contributed by atoms with Crippen LogP contribution in [0.5, 0.6) is 11.5 Å². The van der Waals surface area contributed by atoms with Gasteiger partial charge in [-0.05, 0) is 39.3 Å². The van der Waals surface area contributed by atoms with E-state index in [1.54, 1.807) is 12.1 Å². The Balaban J connectivity index is 1.88. The molecular weight excluding hydrogens is 258 g/mol. The Hall–Kier alpha value is -1.91. The van der Waals surface area contributed by atoms with Crippen molar-refractivity contribution >= 4 is 6.09 Å². The van der Waals surface area contributed by atoms with Crippen LogP contribution in [-0.4, -0.2) is 30.0 Å². The number of hydrogen-bond acceptors (Lipinski definition) is 4. The van der Waals surface area contributed by atoms with Crippen LogP contribution in [-0.2, 0) is 11.2 Å². The van der Waals surface area contributed by atoms with Crippen LogP contribution < -0.4 is 10.1 Å². The van der Waals surface area contributed by atoms with Crippen molar-refractivity contribution in [2.45, 2.75) is 32.8 Å². The fourth-order valence-electron chi connectivity index (χ4n) is 2.12. The van der Waals surface area contributed by atoms with E-state index in [0.717, 1.165) is 11.3 Å². The first-order valence-electron chi connectivity index (χ1n) is 6.75.